The Morgan fingerprint density at radius 1 is 1.37 bits per heavy atom. The molecule has 8 nitrogen and oxygen atoms in total. The monoisotopic (exact) mass is 388 g/mol. The summed E-state index contributed by atoms with van der Waals surface area (Å²) in [6, 6.07) is 3.00. The number of thiazole rings is 1. The molecule has 1 spiro atoms. The zero-order valence-electron chi connectivity index (χ0n) is 15.1. The van der Waals surface area contributed by atoms with Crippen LogP contribution in [-0.2, 0) is 4.79 Å². The highest BCUT2D eigenvalue weighted by molar-refractivity contribution is 7.13. The average Bonchev–Trinajstić information content (AvgIpc) is 3.34. The predicted octanol–water partition coefficient (Wildman–Crippen LogP) is 2.86. The zero-order chi connectivity index (χ0) is 19.2. The number of hydrogen-bond acceptors (Lipinski definition) is 6. The summed E-state index contributed by atoms with van der Waals surface area (Å²) in [5, 5.41) is 5.68. The van der Waals surface area contributed by atoms with Gasteiger partial charge < -0.3 is 9.73 Å². The van der Waals surface area contributed by atoms with Crippen LogP contribution in [-0.4, -0.2) is 33.4 Å². The van der Waals surface area contributed by atoms with Crippen LogP contribution in [0.2, 0.25) is 0 Å². The number of nitrogens with one attached hydrogen (secondary N) is 2. The number of amides is 4. The maximum absolute atomic E-state index is 12.8. The molecular formula is C18H20N4O4S. The van der Waals surface area contributed by atoms with Gasteiger partial charge in [0.15, 0.2) is 10.8 Å². The molecule has 4 amide bonds. The largest absolute Gasteiger partial charge is 0.459 e. The van der Waals surface area contributed by atoms with Crippen LogP contribution in [0.1, 0.15) is 48.9 Å². The Morgan fingerprint density at radius 3 is 2.78 bits per heavy atom. The van der Waals surface area contributed by atoms with E-state index in [1.165, 1.54) is 11.3 Å². The van der Waals surface area contributed by atoms with Crippen LogP contribution >= 0.6 is 11.3 Å². The molecule has 4 rings (SSSR count). The van der Waals surface area contributed by atoms with Gasteiger partial charge in [-0.2, -0.15) is 5.01 Å². The SMILES string of the molecule is Cc1ccc(-c2nc(C(=O)NN3C(=O)NC4(CCC(C)CC4)C3=O)cs2)o1. The standard InChI is InChI=1S/C18H20N4O4S/c1-10-5-7-18(8-6-10)16(24)22(17(25)20-18)21-14(23)12-9-27-15(19-12)13-4-3-11(2)26-13/h3-4,9-10H,5-8H2,1-2H3,(H,20,25)(H,21,23). The van der Waals surface area contributed by atoms with Crippen LogP contribution < -0.4 is 10.7 Å². The van der Waals surface area contributed by atoms with Gasteiger partial charge in [0, 0.05) is 5.38 Å². The zero-order valence-corrected chi connectivity index (χ0v) is 15.9. The third-order valence-electron chi connectivity index (χ3n) is 5.19. The minimum Gasteiger partial charge on any atom is -0.459 e. The van der Waals surface area contributed by atoms with Gasteiger partial charge in [-0.3, -0.25) is 15.0 Å². The number of nitrogens with zero attached hydrogens (tertiary/aromatic N) is 2. The Morgan fingerprint density at radius 2 is 2.11 bits per heavy atom. The van der Waals surface area contributed by atoms with Crippen molar-refractivity contribution in [3.63, 3.8) is 0 Å². The molecule has 2 aromatic rings. The summed E-state index contributed by atoms with van der Waals surface area (Å²) >= 11 is 1.26. The quantitative estimate of drug-likeness (QED) is 0.787. The van der Waals surface area contributed by atoms with Gasteiger partial charge in [0.25, 0.3) is 11.8 Å². The lowest BCUT2D eigenvalue weighted by Gasteiger charge is -2.33. The van der Waals surface area contributed by atoms with Crippen molar-refractivity contribution in [2.45, 2.75) is 45.1 Å². The van der Waals surface area contributed by atoms with E-state index in [0.717, 1.165) is 23.6 Å². The molecule has 0 aromatic carbocycles. The van der Waals surface area contributed by atoms with E-state index in [0.29, 0.717) is 29.5 Å². The number of carbonyl (C=O) groups excluding carboxylic acids is 3. The van der Waals surface area contributed by atoms with Crippen LogP contribution in [0.15, 0.2) is 21.9 Å². The van der Waals surface area contributed by atoms with Crippen molar-refractivity contribution >= 4 is 29.2 Å². The Hall–Kier alpha value is -2.68. The lowest BCUT2D eigenvalue weighted by atomic mass is 9.77. The lowest BCUT2D eigenvalue weighted by Crippen LogP contribution is -2.51. The van der Waals surface area contributed by atoms with Gasteiger partial charge in [-0.05, 0) is 50.7 Å². The number of hydrogen-bond donors (Lipinski definition) is 2. The molecule has 9 heteroatoms. The van der Waals surface area contributed by atoms with E-state index in [1.807, 2.05) is 13.0 Å². The van der Waals surface area contributed by atoms with Gasteiger partial charge in [-0.15, -0.1) is 11.3 Å². The van der Waals surface area contributed by atoms with E-state index in [1.54, 1.807) is 11.4 Å². The lowest BCUT2D eigenvalue weighted by molar-refractivity contribution is -0.134. The summed E-state index contributed by atoms with van der Waals surface area (Å²) in [4.78, 5) is 41.8. The molecule has 2 fully saturated rings. The van der Waals surface area contributed by atoms with Gasteiger partial charge in [0.05, 0.1) is 0 Å². The van der Waals surface area contributed by atoms with Crippen molar-refractivity contribution < 1.29 is 18.8 Å². The third kappa shape index (κ3) is 3.12. The van der Waals surface area contributed by atoms with E-state index in [4.69, 9.17) is 4.42 Å². The molecule has 1 saturated heterocycles. The maximum atomic E-state index is 12.8. The Kier molecular flexibility index (Phi) is 4.26. The predicted molar refractivity (Wildman–Crippen MR) is 97.8 cm³/mol. The van der Waals surface area contributed by atoms with Crippen molar-refractivity contribution in [2.24, 2.45) is 5.92 Å². The van der Waals surface area contributed by atoms with E-state index in [-0.39, 0.29) is 5.69 Å². The molecule has 1 aliphatic heterocycles. The molecule has 27 heavy (non-hydrogen) atoms. The first kappa shape index (κ1) is 17.7. The van der Waals surface area contributed by atoms with Gasteiger partial charge in [-0.25, -0.2) is 9.78 Å². The van der Waals surface area contributed by atoms with Crippen molar-refractivity contribution in [3.8, 4) is 10.8 Å². The van der Waals surface area contributed by atoms with Crippen LogP contribution in [0.25, 0.3) is 10.8 Å². The van der Waals surface area contributed by atoms with E-state index < -0.39 is 23.4 Å². The molecule has 2 aliphatic rings. The van der Waals surface area contributed by atoms with Crippen LogP contribution in [0.4, 0.5) is 4.79 Å². The normalized spacial score (nSPS) is 25.1. The first-order valence-electron chi connectivity index (χ1n) is 8.88. The number of aryl methyl sites for hydroxylation is 1. The third-order valence-corrected chi connectivity index (χ3v) is 6.05. The first-order valence-corrected chi connectivity index (χ1v) is 9.76. The second kappa shape index (κ2) is 6.49. The number of carbonyl (C=O) groups is 3. The molecule has 3 heterocycles. The number of furan rings is 1. The number of aromatic nitrogens is 1. The molecule has 0 radical (unpaired) electrons. The summed E-state index contributed by atoms with van der Waals surface area (Å²) in [7, 11) is 0. The van der Waals surface area contributed by atoms with Gasteiger partial charge in [0.2, 0.25) is 0 Å². The van der Waals surface area contributed by atoms with Crippen LogP contribution in [0.3, 0.4) is 0 Å². The number of rotatable bonds is 3. The second-order valence-electron chi connectivity index (χ2n) is 7.22. The second-order valence-corrected chi connectivity index (χ2v) is 8.08. The fourth-order valence-corrected chi connectivity index (χ4v) is 4.28. The number of imide groups is 1. The summed E-state index contributed by atoms with van der Waals surface area (Å²) < 4.78 is 5.50. The maximum Gasteiger partial charge on any atom is 0.344 e. The summed E-state index contributed by atoms with van der Waals surface area (Å²) in [5.74, 6) is 0.845. The smallest absolute Gasteiger partial charge is 0.344 e. The number of urea groups is 1. The number of hydrazine groups is 1. The van der Waals surface area contributed by atoms with Crippen LogP contribution in [0, 0.1) is 12.8 Å². The molecule has 2 aromatic heterocycles. The molecule has 0 unspecified atom stereocenters. The molecule has 0 atom stereocenters. The molecule has 142 valence electrons. The van der Waals surface area contributed by atoms with Crippen molar-refractivity contribution in [1.82, 2.24) is 20.7 Å². The fourth-order valence-electron chi connectivity index (χ4n) is 3.52. The van der Waals surface area contributed by atoms with E-state index in [9.17, 15) is 14.4 Å². The van der Waals surface area contributed by atoms with Crippen molar-refractivity contribution in [1.29, 1.82) is 0 Å². The Bertz CT molecular complexity index is 910. The van der Waals surface area contributed by atoms with Gasteiger partial charge >= 0.3 is 6.03 Å². The minimum absolute atomic E-state index is 0.128. The average molecular weight is 388 g/mol. The van der Waals surface area contributed by atoms with E-state index >= 15 is 0 Å². The first-order chi connectivity index (χ1) is 12.9. The topological polar surface area (TPSA) is 105 Å². The Labute approximate surface area is 159 Å². The molecular weight excluding hydrogens is 368 g/mol. The van der Waals surface area contributed by atoms with E-state index in [2.05, 4.69) is 22.7 Å². The summed E-state index contributed by atoms with van der Waals surface area (Å²) in [6.45, 7) is 3.96. The molecule has 1 aliphatic carbocycles. The van der Waals surface area contributed by atoms with Gasteiger partial charge in [0.1, 0.15) is 17.0 Å². The highest BCUT2D eigenvalue weighted by atomic mass is 32.1. The van der Waals surface area contributed by atoms with Crippen molar-refractivity contribution in [3.05, 3.63) is 29.0 Å². The minimum atomic E-state index is -0.893. The highest BCUT2D eigenvalue weighted by Crippen LogP contribution is 2.36. The summed E-state index contributed by atoms with van der Waals surface area (Å²) in [6.07, 6.45) is 2.91. The fraction of sp³-hybridized carbons (Fsp3) is 0.444. The van der Waals surface area contributed by atoms with Gasteiger partial charge in [-0.1, -0.05) is 6.92 Å². The Balaban J connectivity index is 1.47. The van der Waals surface area contributed by atoms with Crippen molar-refractivity contribution in [2.75, 3.05) is 0 Å². The molecule has 2 N–H and O–H groups in total. The molecule has 1 saturated carbocycles. The van der Waals surface area contributed by atoms with Crippen LogP contribution in [0.5, 0.6) is 0 Å². The highest BCUT2D eigenvalue weighted by Gasteiger charge is 2.53. The molecule has 0 bridgehead atoms. The summed E-state index contributed by atoms with van der Waals surface area (Å²) in [5.41, 5.74) is 1.63.